The Bertz CT molecular complexity index is 1810. The molecule has 0 bridgehead atoms. The zero-order valence-electron chi connectivity index (χ0n) is 23.0. The van der Waals surface area contributed by atoms with E-state index in [1.54, 1.807) is 42.1 Å². The number of para-hydroxylation sites is 1. The van der Waals surface area contributed by atoms with Crippen LogP contribution in [0.4, 0.5) is 0 Å². The second-order valence-electron chi connectivity index (χ2n) is 9.19. The van der Waals surface area contributed by atoms with Gasteiger partial charge in [-0.15, -0.1) is 5.10 Å². The maximum absolute atomic E-state index is 11.6. The van der Waals surface area contributed by atoms with E-state index in [-0.39, 0.29) is 24.8 Å². The van der Waals surface area contributed by atoms with Crippen molar-refractivity contribution >= 4 is 16.4 Å². The van der Waals surface area contributed by atoms with Crippen molar-refractivity contribution in [2.45, 2.75) is 20.1 Å². The number of hydrogen-bond donors (Lipinski definition) is 0. The number of aryl methyl sites for hydroxylation is 1. The molecular formula is C30H27N3O8S. The molecule has 0 atom stereocenters. The van der Waals surface area contributed by atoms with E-state index < -0.39 is 10.1 Å². The standard InChI is InChI=1S/C30H27N3O8S/c1-20-26(31-29(40-20)22-8-7-11-25(15-22)41-42(3,35)36)19-38-27-13-12-21(14-28(27)37-2)18-39-30-23(17-34)16-33(32-30)24-9-5-4-6-10-24/h4-17H,18-19H2,1-3H3. The third-order valence-electron chi connectivity index (χ3n) is 6.04. The van der Waals surface area contributed by atoms with Crippen LogP contribution in [0, 0.1) is 6.92 Å². The van der Waals surface area contributed by atoms with Gasteiger partial charge in [-0.3, -0.25) is 4.79 Å². The zero-order valence-corrected chi connectivity index (χ0v) is 23.8. The van der Waals surface area contributed by atoms with Crippen molar-refractivity contribution in [1.29, 1.82) is 0 Å². The van der Waals surface area contributed by atoms with E-state index in [0.29, 0.717) is 46.3 Å². The minimum atomic E-state index is -3.67. The summed E-state index contributed by atoms with van der Waals surface area (Å²) >= 11 is 0. The highest BCUT2D eigenvalue weighted by atomic mass is 32.2. The van der Waals surface area contributed by atoms with Gasteiger partial charge in [0.1, 0.15) is 30.4 Å². The first-order valence-corrected chi connectivity index (χ1v) is 14.5. The van der Waals surface area contributed by atoms with Crippen LogP contribution in [0.5, 0.6) is 23.1 Å². The molecular weight excluding hydrogens is 562 g/mol. The fraction of sp³-hybridized carbons (Fsp3) is 0.167. The van der Waals surface area contributed by atoms with Gasteiger partial charge in [-0.1, -0.05) is 30.3 Å². The third kappa shape index (κ3) is 6.78. The number of aldehydes is 1. The number of rotatable bonds is 12. The maximum Gasteiger partial charge on any atom is 0.306 e. The number of ether oxygens (including phenoxy) is 3. The van der Waals surface area contributed by atoms with E-state index >= 15 is 0 Å². The number of carbonyl (C=O) groups excluding carboxylic acids is 1. The van der Waals surface area contributed by atoms with Crippen LogP contribution in [0.25, 0.3) is 17.1 Å². The first-order chi connectivity index (χ1) is 20.2. The lowest BCUT2D eigenvalue weighted by molar-refractivity contribution is 0.111. The molecule has 0 fully saturated rings. The largest absolute Gasteiger partial charge is 0.493 e. The summed E-state index contributed by atoms with van der Waals surface area (Å²) in [4.78, 5) is 16.1. The fourth-order valence-electron chi connectivity index (χ4n) is 4.04. The molecule has 5 rings (SSSR count). The monoisotopic (exact) mass is 589 g/mol. The first-order valence-electron chi connectivity index (χ1n) is 12.7. The Labute approximate surface area is 242 Å². The molecule has 0 unspecified atom stereocenters. The number of carbonyl (C=O) groups is 1. The SMILES string of the molecule is COc1cc(COc2nn(-c3ccccc3)cc2C=O)ccc1OCc1nc(-c2cccc(OS(C)(=O)=O)c2)oc1C. The lowest BCUT2D eigenvalue weighted by Crippen LogP contribution is -2.05. The number of benzene rings is 3. The summed E-state index contributed by atoms with van der Waals surface area (Å²) in [6.07, 6.45) is 3.30. The van der Waals surface area contributed by atoms with E-state index in [1.165, 1.54) is 19.2 Å². The topological polar surface area (TPSA) is 132 Å². The van der Waals surface area contributed by atoms with Crippen LogP contribution < -0.4 is 18.4 Å². The Balaban J connectivity index is 1.25. The Hall–Kier alpha value is -5.10. The Morgan fingerprint density at radius 3 is 2.50 bits per heavy atom. The molecule has 12 heteroatoms. The van der Waals surface area contributed by atoms with Gasteiger partial charge >= 0.3 is 10.1 Å². The van der Waals surface area contributed by atoms with Crippen molar-refractivity contribution in [2.75, 3.05) is 13.4 Å². The quantitative estimate of drug-likeness (QED) is 0.142. The summed E-state index contributed by atoms with van der Waals surface area (Å²) in [7, 11) is -2.14. The lowest BCUT2D eigenvalue weighted by atomic mass is 10.2. The van der Waals surface area contributed by atoms with Crippen molar-refractivity contribution in [3.8, 4) is 40.3 Å². The molecule has 3 aromatic carbocycles. The zero-order chi connectivity index (χ0) is 29.7. The van der Waals surface area contributed by atoms with Crippen LogP contribution >= 0.6 is 0 Å². The molecule has 216 valence electrons. The number of methoxy groups -OCH3 is 1. The summed E-state index contributed by atoms with van der Waals surface area (Å²) in [5, 5.41) is 4.40. The average Bonchev–Trinajstić information content (AvgIpc) is 3.58. The number of hydrogen-bond acceptors (Lipinski definition) is 10. The van der Waals surface area contributed by atoms with Gasteiger partial charge in [0.15, 0.2) is 17.8 Å². The Morgan fingerprint density at radius 1 is 0.952 bits per heavy atom. The normalized spacial score (nSPS) is 11.2. The first kappa shape index (κ1) is 28.4. The third-order valence-corrected chi connectivity index (χ3v) is 6.54. The van der Waals surface area contributed by atoms with Crippen LogP contribution in [-0.4, -0.2) is 42.8 Å². The predicted octanol–water partition coefficient (Wildman–Crippen LogP) is 5.15. The Kier molecular flexibility index (Phi) is 8.25. The van der Waals surface area contributed by atoms with Crippen molar-refractivity contribution in [2.24, 2.45) is 0 Å². The fourth-order valence-corrected chi connectivity index (χ4v) is 4.49. The molecule has 0 radical (unpaired) electrons. The summed E-state index contributed by atoms with van der Waals surface area (Å²) < 4.78 is 52.6. The summed E-state index contributed by atoms with van der Waals surface area (Å²) in [5.41, 5.74) is 3.04. The highest BCUT2D eigenvalue weighted by Gasteiger charge is 2.16. The molecule has 2 heterocycles. The molecule has 0 saturated heterocycles. The number of oxazole rings is 1. The molecule has 5 aromatic rings. The van der Waals surface area contributed by atoms with Gasteiger partial charge in [0.25, 0.3) is 0 Å². The highest BCUT2D eigenvalue weighted by Crippen LogP contribution is 2.31. The molecule has 0 saturated carbocycles. The molecule has 11 nitrogen and oxygen atoms in total. The van der Waals surface area contributed by atoms with Gasteiger partial charge in [0.2, 0.25) is 11.8 Å². The molecule has 0 N–H and O–H groups in total. The maximum atomic E-state index is 11.6. The second-order valence-corrected chi connectivity index (χ2v) is 10.8. The molecule has 0 aliphatic rings. The van der Waals surface area contributed by atoms with Gasteiger partial charge < -0.3 is 22.8 Å². The number of aromatic nitrogens is 3. The van der Waals surface area contributed by atoms with Crippen LogP contribution in [0.15, 0.2) is 83.4 Å². The molecule has 0 amide bonds. The average molecular weight is 590 g/mol. The summed E-state index contributed by atoms with van der Waals surface area (Å²) in [6, 6.07) is 21.2. The summed E-state index contributed by atoms with van der Waals surface area (Å²) in [6.45, 7) is 2.01. The minimum absolute atomic E-state index is 0.0979. The van der Waals surface area contributed by atoms with E-state index in [1.807, 2.05) is 36.4 Å². The van der Waals surface area contributed by atoms with Crippen molar-refractivity contribution in [3.05, 3.63) is 102 Å². The molecule has 42 heavy (non-hydrogen) atoms. The van der Waals surface area contributed by atoms with Crippen LogP contribution in [-0.2, 0) is 23.3 Å². The molecule has 2 aromatic heterocycles. The van der Waals surface area contributed by atoms with Gasteiger partial charge in [-0.2, -0.15) is 8.42 Å². The van der Waals surface area contributed by atoms with Crippen molar-refractivity contribution in [1.82, 2.24) is 14.8 Å². The van der Waals surface area contributed by atoms with E-state index in [0.717, 1.165) is 17.5 Å². The highest BCUT2D eigenvalue weighted by molar-refractivity contribution is 7.86. The smallest absolute Gasteiger partial charge is 0.306 e. The predicted molar refractivity (Wildman–Crippen MR) is 153 cm³/mol. The van der Waals surface area contributed by atoms with Crippen molar-refractivity contribution < 1.29 is 36.0 Å². The van der Waals surface area contributed by atoms with Gasteiger partial charge in [-0.05, 0) is 55.0 Å². The van der Waals surface area contributed by atoms with E-state index in [2.05, 4.69) is 10.1 Å². The van der Waals surface area contributed by atoms with E-state index in [9.17, 15) is 13.2 Å². The van der Waals surface area contributed by atoms with Gasteiger partial charge in [0.05, 0.1) is 24.6 Å². The second kappa shape index (κ2) is 12.2. The summed E-state index contributed by atoms with van der Waals surface area (Å²) in [5.74, 6) is 2.19. The molecule has 0 spiro atoms. The van der Waals surface area contributed by atoms with Crippen LogP contribution in [0.1, 0.15) is 27.4 Å². The van der Waals surface area contributed by atoms with Crippen molar-refractivity contribution in [3.63, 3.8) is 0 Å². The van der Waals surface area contributed by atoms with Crippen LogP contribution in [0.2, 0.25) is 0 Å². The number of nitrogens with zero attached hydrogens (tertiary/aromatic N) is 3. The molecule has 0 aliphatic carbocycles. The van der Waals surface area contributed by atoms with Gasteiger partial charge in [0, 0.05) is 11.8 Å². The van der Waals surface area contributed by atoms with Crippen LogP contribution in [0.3, 0.4) is 0 Å². The van der Waals surface area contributed by atoms with E-state index in [4.69, 9.17) is 22.8 Å². The van der Waals surface area contributed by atoms with Gasteiger partial charge in [-0.25, -0.2) is 9.67 Å². The lowest BCUT2D eigenvalue weighted by Gasteiger charge is -2.12. The molecule has 0 aliphatic heterocycles. The Morgan fingerprint density at radius 2 is 1.76 bits per heavy atom. The minimum Gasteiger partial charge on any atom is -0.493 e.